The molecule has 0 aromatic carbocycles. The molecule has 3 fully saturated rings. The highest BCUT2D eigenvalue weighted by Gasteiger charge is 2.62. The van der Waals surface area contributed by atoms with Crippen molar-refractivity contribution in [2.75, 3.05) is 0 Å². The van der Waals surface area contributed by atoms with E-state index in [0.29, 0.717) is 5.92 Å². The van der Waals surface area contributed by atoms with E-state index in [4.69, 9.17) is 4.74 Å². The molecule has 3 heteroatoms. The number of allylic oxidation sites excluding steroid dienone is 2. The first-order chi connectivity index (χ1) is 12.5. The minimum Gasteiger partial charge on any atom is -0.316 e. The highest BCUT2D eigenvalue weighted by atomic mass is 19.3. The molecule has 3 rings (SSSR count). The predicted octanol–water partition coefficient (Wildman–Crippen LogP) is 7.36. The average molecular weight is 369 g/mol. The summed E-state index contributed by atoms with van der Waals surface area (Å²) in [5.74, 6) is 1.60. The molecule has 0 bridgehead atoms. The molecule has 0 radical (unpaired) electrons. The number of rotatable bonds is 7. The van der Waals surface area contributed by atoms with Crippen LogP contribution in [0.2, 0.25) is 0 Å². The lowest BCUT2D eigenvalue weighted by Gasteiger charge is -2.53. The number of alkyl halides is 2. The van der Waals surface area contributed by atoms with E-state index in [2.05, 4.69) is 26.0 Å². The summed E-state index contributed by atoms with van der Waals surface area (Å²) in [4.78, 5) is 0. The first kappa shape index (κ1) is 20.3. The lowest BCUT2D eigenvalue weighted by molar-refractivity contribution is -0.418. The minimum absolute atomic E-state index is 0.169. The maximum atomic E-state index is 14.3. The molecule has 1 nitrogen and oxygen atoms in total. The molecule has 0 aromatic rings. The van der Waals surface area contributed by atoms with Gasteiger partial charge in [-0.05, 0) is 69.1 Å². The van der Waals surface area contributed by atoms with Crippen molar-refractivity contribution in [3.05, 3.63) is 12.2 Å². The van der Waals surface area contributed by atoms with Crippen LogP contribution in [-0.4, -0.2) is 12.2 Å². The van der Waals surface area contributed by atoms with Crippen molar-refractivity contribution in [2.24, 2.45) is 29.6 Å². The number of hydrogen-bond donors (Lipinski definition) is 0. The third kappa shape index (κ3) is 4.69. The molecule has 2 saturated carbocycles. The lowest BCUT2D eigenvalue weighted by Crippen LogP contribution is -2.61. The van der Waals surface area contributed by atoms with Crippen LogP contribution in [0, 0.1) is 29.6 Å². The summed E-state index contributed by atoms with van der Waals surface area (Å²) in [5.41, 5.74) is 0. The maximum absolute atomic E-state index is 14.3. The Hall–Kier alpha value is -0.440. The Kier molecular flexibility index (Phi) is 7.16. The Balaban J connectivity index is 1.50. The summed E-state index contributed by atoms with van der Waals surface area (Å²) < 4.78 is 33.8. The van der Waals surface area contributed by atoms with Crippen molar-refractivity contribution in [2.45, 2.75) is 103 Å². The molecule has 3 aliphatic rings. The second-order valence-corrected chi connectivity index (χ2v) is 9.17. The molecule has 0 aromatic heterocycles. The van der Waals surface area contributed by atoms with Crippen LogP contribution in [0.5, 0.6) is 0 Å². The van der Waals surface area contributed by atoms with E-state index in [1.54, 1.807) is 0 Å². The van der Waals surface area contributed by atoms with E-state index in [9.17, 15) is 8.78 Å². The zero-order valence-corrected chi connectivity index (χ0v) is 16.8. The first-order valence-electron chi connectivity index (χ1n) is 11.2. The smallest absolute Gasteiger partial charge is 0.316 e. The quantitative estimate of drug-likeness (QED) is 0.426. The maximum Gasteiger partial charge on any atom is 0.361 e. The van der Waals surface area contributed by atoms with Gasteiger partial charge in [-0.3, -0.25) is 0 Å². The normalized spacial score (nSPS) is 40.5. The number of ether oxygens (including phenoxy) is 1. The van der Waals surface area contributed by atoms with Gasteiger partial charge in [0.2, 0.25) is 0 Å². The van der Waals surface area contributed by atoms with Gasteiger partial charge in [-0.15, -0.1) is 0 Å². The van der Waals surface area contributed by atoms with Crippen LogP contribution in [0.4, 0.5) is 8.78 Å². The monoisotopic (exact) mass is 368 g/mol. The number of halogens is 2. The third-order valence-corrected chi connectivity index (χ3v) is 7.46. The highest BCUT2D eigenvalue weighted by molar-refractivity contribution is 4.98. The topological polar surface area (TPSA) is 9.23 Å². The highest BCUT2D eigenvalue weighted by Crippen LogP contribution is 2.55. The van der Waals surface area contributed by atoms with Gasteiger partial charge >= 0.3 is 6.11 Å². The largest absolute Gasteiger partial charge is 0.361 e. The summed E-state index contributed by atoms with van der Waals surface area (Å²) in [6.45, 7) is 4.30. The van der Waals surface area contributed by atoms with Crippen LogP contribution >= 0.6 is 0 Å². The van der Waals surface area contributed by atoms with E-state index in [1.807, 2.05) is 0 Å². The Morgan fingerprint density at radius 3 is 2.00 bits per heavy atom. The van der Waals surface area contributed by atoms with Gasteiger partial charge in [-0.2, -0.15) is 8.78 Å². The van der Waals surface area contributed by atoms with E-state index in [-0.39, 0.29) is 12.0 Å². The van der Waals surface area contributed by atoms with Gasteiger partial charge in [-0.1, -0.05) is 57.6 Å². The van der Waals surface area contributed by atoms with Crippen molar-refractivity contribution in [3.8, 4) is 0 Å². The second kappa shape index (κ2) is 9.17. The molecule has 1 heterocycles. The van der Waals surface area contributed by atoms with E-state index < -0.39 is 12.0 Å². The first-order valence-corrected chi connectivity index (χ1v) is 11.2. The van der Waals surface area contributed by atoms with Gasteiger partial charge in [0, 0.05) is 0 Å². The molecular weight excluding hydrogens is 330 g/mol. The van der Waals surface area contributed by atoms with E-state index in [1.165, 1.54) is 32.1 Å². The molecule has 2 aliphatic carbocycles. The van der Waals surface area contributed by atoms with Gasteiger partial charge in [0.05, 0.1) is 12.0 Å². The van der Waals surface area contributed by atoms with Gasteiger partial charge in [-0.25, -0.2) is 0 Å². The Morgan fingerprint density at radius 1 is 0.885 bits per heavy atom. The van der Waals surface area contributed by atoms with Crippen molar-refractivity contribution in [1.82, 2.24) is 0 Å². The minimum atomic E-state index is -2.87. The summed E-state index contributed by atoms with van der Waals surface area (Å²) in [7, 11) is 0. The second-order valence-electron chi connectivity index (χ2n) is 9.17. The molecule has 0 spiro atoms. The van der Waals surface area contributed by atoms with Crippen LogP contribution in [0.15, 0.2) is 12.2 Å². The Morgan fingerprint density at radius 2 is 1.46 bits per heavy atom. The summed E-state index contributed by atoms with van der Waals surface area (Å²) in [5, 5.41) is 0. The zero-order valence-electron chi connectivity index (χ0n) is 16.8. The van der Waals surface area contributed by atoms with E-state index >= 15 is 0 Å². The summed E-state index contributed by atoms with van der Waals surface area (Å²) in [6.07, 6.45) is 15.0. The molecule has 26 heavy (non-hydrogen) atoms. The Bertz CT molecular complexity index is 445. The van der Waals surface area contributed by atoms with Crippen molar-refractivity contribution >= 4 is 0 Å². The fraction of sp³-hybridized carbons (Fsp3) is 0.913. The SMILES string of the molecule is C/C=C/CC[C@H]1CC[C@H]([C@H]2[C@H](C3CCC(CCC)CC3)OC2(F)F)CC1. The Labute approximate surface area is 159 Å². The summed E-state index contributed by atoms with van der Waals surface area (Å²) in [6, 6.07) is 0. The molecule has 1 saturated heterocycles. The molecular formula is C23H38F2O. The van der Waals surface area contributed by atoms with Crippen LogP contribution in [0.1, 0.15) is 90.9 Å². The van der Waals surface area contributed by atoms with Crippen LogP contribution in [-0.2, 0) is 4.74 Å². The standard InChI is InChI=1S/C23H38F2O/c1-3-5-6-8-18-9-13-19(14-10-18)21-22(26-23(21,24)25)20-15-11-17(7-4-2)12-16-20/h3,5,17-22H,4,6-16H2,1-2H3/b5-3+/t17?,18-,19-,20?,21-,22-/m0/s1. The molecule has 0 unspecified atom stereocenters. The fourth-order valence-electron chi connectivity index (χ4n) is 5.93. The lowest BCUT2D eigenvalue weighted by atomic mass is 9.65. The van der Waals surface area contributed by atoms with Crippen molar-refractivity contribution in [1.29, 1.82) is 0 Å². The molecule has 1 aliphatic heterocycles. The molecule has 0 N–H and O–H groups in total. The van der Waals surface area contributed by atoms with Gasteiger partial charge < -0.3 is 4.74 Å². The van der Waals surface area contributed by atoms with Gasteiger partial charge in [0.15, 0.2) is 0 Å². The van der Waals surface area contributed by atoms with E-state index in [0.717, 1.165) is 56.8 Å². The van der Waals surface area contributed by atoms with Crippen LogP contribution in [0.25, 0.3) is 0 Å². The molecule has 0 amide bonds. The summed E-state index contributed by atoms with van der Waals surface area (Å²) >= 11 is 0. The van der Waals surface area contributed by atoms with Crippen LogP contribution < -0.4 is 0 Å². The average Bonchev–Trinajstić information content (AvgIpc) is 2.63. The van der Waals surface area contributed by atoms with Crippen LogP contribution in [0.3, 0.4) is 0 Å². The van der Waals surface area contributed by atoms with Crippen molar-refractivity contribution < 1.29 is 13.5 Å². The zero-order chi connectivity index (χ0) is 18.6. The molecule has 150 valence electrons. The van der Waals surface area contributed by atoms with Crippen molar-refractivity contribution in [3.63, 3.8) is 0 Å². The fourth-order valence-corrected chi connectivity index (χ4v) is 5.93. The predicted molar refractivity (Wildman–Crippen MR) is 103 cm³/mol. The molecule has 2 atom stereocenters. The van der Waals surface area contributed by atoms with Gasteiger partial charge in [0.1, 0.15) is 0 Å². The van der Waals surface area contributed by atoms with Gasteiger partial charge in [0.25, 0.3) is 0 Å². The number of hydrogen-bond acceptors (Lipinski definition) is 1. The third-order valence-electron chi connectivity index (χ3n) is 7.46.